The van der Waals surface area contributed by atoms with Crippen molar-refractivity contribution >= 4 is 57.2 Å². The van der Waals surface area contributed by atoms with Crippen LogP contribution in [-0.2, 0) is 0 Å². The minimum absolute atomic E-state index is 0.0630. The lowest BCUT2D eigenvalue weighted by Crippen LogP contribution is -2.56. The number of rotatable bonds is 4. The zero-order valence-corrected chi connectivity index (χ0v) is 26.1. The standard InChI is InChI=1S/C43H33BN2/c1-43(2)39(31-20-9-4-10-21-31)38(30-18-7-3-8-19-30)41-42(43)46(33-24-13-6-14-25-33)37-29-17-28-36-40(37)44(41)34-26-15-16-27-35(34)45(36)32-22-11-5-12-23-32/h3-29H,1-2H3. The van der Waals surface area contributed by atoms with Crippen LogP contribution in [0.25, 0.3) is 11.1 Å². The molecule has 6 aromatic carbocycles. The SMILES string of the molecule is CC1(C)C(c2ccccc2)=C(c2ccccc2)C2=C1N(c1ccccc1)c1cccc3c1B2c1ccccc1N3c1ccccc1. The number of para-hydroxylation sites is 3. The van der Waals surface area contributed by atoms with Crippen LogP contribution in [0.4, 0.5) is 28.4 Å². The maximum Gasteiger partial charge on any atom is 0.252 e. The lowest BCUT2D eigenvalue weighted by molar-refractivity contribution is 0.597. The molecule has 0 saturated heterocycles. The van der Waals surface area contributed by atoms with Gasteiger partial charge in [0.15, 0.2) is 0 Å². The summed E-state index contributed by atoms with van der Waals surface area (Å²) < 4.78 is 0. The normalized spacial score (nSPS) is 15.9. The summed E-state index contributed by atoms with van der Waals surface area (Å²) in [6.07, 6.45) is 0. The van der Waals surface area contributed by atoms with Gasteiger partial charge in [0, 0.05) is 39.5 Å². The largest absolute Gasteiger partial charge is 0.314 e. The van der Waals surface area contributed by atoms with Crippen molar-refractivity contribution in [3.8, 4) is 0 Å². The summed E-state index contributed by atoms with van der Waals surface area (Å²) in [7, 11) is 0. The molecule has 3 heteroatoms. The summed E-state index contributed by atoms with van der Waals surface area (Å²) in [5.41, 5.74) is 16.5. The highest BCUT2D eigenvalue weighted by Gasteiger charge is 2.53. The van der Waals surface area contributed by atoms with E-state index in [0.717, 1.165) is 0 Å². The highest BCUT2D eigenvalue weighted by molar-refractivity contribution is 6.97. The Labute approximate surface area is 271 Å². The number of benzene rings is 6. The van der Waals surface area contributed by atoms with Crippen LogP contribution in [0.5, 0.6) is 0 Å². The van der Waals surface area contributed by atoms with Crippen LogP contribution in [-0.4, -0.2) is 6.71 Å². The second-order valence-electron chi connectivity index (χ2n) is 12.9. The van der Waals surface area contributed by atoms with Crippen LogP contribution in [0.1, 0.15) is 25.0 Å². The van der Waals surface area contributed by atoms with Gasteiger partial charge in [-0.3, -0.25) is 0 Å². The average molecular weight is 589 g/mol. The molecule has 2 aliphatic heterocycles. The first kappa shape index (κ1) is 26.8. The molecule has 0 amide bonds. The molecular formula is C43H33BN2. The summed E-state index contributed by atoms with van der Waals surface area (Å²) in [5, 5.41) is 0. The van der Waals surface area contributed by atoms with E-state index in [1.165, 1.54) is 72.8 Å². The quantitative estimate of drug-likeness (QED) is 0.189. The first-order valence-electron chi connectivity index (χ1n) is 16.2. The van der Waals surface area contributed by atoms with Gasteiger partial charge in [0.1, 0.15) is 0 Å². The summed E-state index contributed by atoms with van der Waals surface area (Å²) in [6, 6.07) is 59.8. The van der Waals surface area contributed by atoms with Gasteiger partial charge in [0.25, 0.3) is 6.71 Å². The number of fused-ring (bicyclic) bond motifs is 3. The highest BCUT2D eigenvalue weighted by atomic mass is 15.2. The summed E-state index contributed by atoms with van der Waals surface area (Å²) in [5.74, 6) is 0. The Hall–Kier alpha value is -5.54. The number of nitrogens with zero attached hydrogens (tertiary/aromatic N) is 2. The van der Waals surface area contributed by atoms with E-state index in [-0.39, 0.29) is 12.1 Å². The van der Waals surface area contributed by atoms with E-state index >= 15 is 0 Å². The van der Waals surface area contributed by atoms with Gasteiger partial charge in [0.05, 0.1) is 0 Å². The fourth-order valence-corrected chi connectivity index (χ4v) is 8.28. The molecule has 2 heterocycles. The summed E-state index contributed by atoms with van der Waals surface area (Å²) >= 11 is 0. The molecule has 0 radical (unpaired) electrons. The molecule has 3 aliphatic rings. The monoisotopic (exact) mass is 588 g/mol. The van der Waals surface area contributed by atoms with E-state index < -0.39 is 0 Å². The van der Waals surface area contributed by atoms with Crippen molar-refractivity contribution in [3.63, 3.8) is 0 Å². The van der Waals surface area contributed by atoms with Crippen molar-refractivity contribution < 1.29 is 0 Å². The molecule has 6 aromatic rings. The van der Waals surface area contributed by atoms with Crippen LogP contribution >= 0.6 is 0 Å². The molecule has 0 aromatic heterocycles. The fourth-order valence-electron chi connectivity index (χ4n) is 8.28. The van der Waals surface area contributed by atoms with Crippen molar-refractivity contribution in [2.45, 2.75) is 13.8 Å². The Morgan fingerprint density at radius 3 is 1.57 bits per heavy atom. The van der Waals surface area contributed by atoms with Crippen molar-refractivity contribution in [1.29, 1.82) is 0 Å². The summed E-state index contributed by atoms with van der Waals surface area (Å²) in [6.45, 7) is 4.92. The van der Waals surface area contributed by atoms with Crippen LogP contribution in [0.3, 0.4) is 0 Å². The van der Waals surface area contributed by atoms with Gasteiger partial charge in [-0.25, -0.2) is 0 Å². The van der Waals surface area contributed by atoms with Crippen LogP contribution in [0.15, 0.2) is 175 Å². The zero-order valence-electron chi connectivity index (χ0n) is 26.1. The van der Waals surface area contributed by atoms with Gasteiger partial charge in [0.2, 0.25) is 0 Å². The van der Waals surface area contributed by atoms with Gasteiger partial charge in [-0.2, -0.15) is 0 Å². The second kappa shape index (κ2) is 10.3. The topological polar surface area (TPSA) is 6.48 Å². The number of hydrogen-bond donors (Lipinski definition) is 0. The van der Waals surface area contributed by atoms with E-state index in [4.69, 9.17) is 0 Å². The minimum atomic E-state index is -0.295. The Bertz CT molecular complexity index is 2170. The van der Waals surface area contributed by atoms with Crippen LogP contribution in [0.2, 0.25) is 0 Å². The van der Waals surface area contributed by atoms with E-state index in [1.807, 2.05) is 0 Å². The molecule has 0 atom stereocenters. The average Bonchev–Trinajstić information content (AvgIpc) is 3.36. The summed E-state index contributed by atoms with van der Waals surface area (Å²) in [4.78, 5) is 5.03. The van der Waals surface area contributed by atoms with Crippen molar-refractivity contribution in [2.75, 3.05) is 9.80 Å². The molecule has 218 valence electrons. The third-order valence-electron chi connectivity index (χ3n) is 9.98. The Kier molecular flexibility index (Phi) is 5.98. The predicted molar refractivity (Wildman–Crippen MR) is 195 cm³/mol. The van der Waals surface area contributed by atoms with Crippen molar-refractivity contribution in [1.82, 2.24) is 0 Å². The van der Waals surface area contributed by atoms with Crippen molar-refractivity contribution in [3.05, 3.63) is 186 Å². The zero-order chi connectivity index (χ0) is 30.8. The molecule has 0 fully saturated rings. The third kappa shape index (κ3) is 3.78. The first-order chi connectivity index (χ1) is 22.6. The van der Waals surface area contributed by atoms with E-state index in [9.17, 15) is 0 Å². The van der Waals surface area contributed by atoms with Gasteiger partial charge in [-0.1, -0.05) is 135 Å². The fraction of sp³-hybridized carbons (Fsp3) is 0.0698. The molecule has 46 heavy (non-hydrogen) atoms. The molecule has 0 saturated carbocycles. The van der Waals surface area contributed by atoms with Gasteiger partial charge in [-0.15, -0.1) is 0 Å². The van der Waals surface area contributed by atoms with E-state index in [0.29, 0.717) is 0 Å². The van der Waals surface area contributed by atoms with E-state index in [1.54, 1.807) is 0 Å². The molecule has 0 bridgehead atoms. The minimum Gasteiger partial charge on any atom is -0.314 e. The van der Waals surface area contributed by atoms with Crippen molar-refractivity contribution in [2.24, 2.45) is 5.41 Å². The highest BCUT2D eigenvalue weighted by Crippen LogP contribution is 2.60. The van der Waals surface area contributed by atoms with E-state index in [2.05, 4.69) is 187 Å². The molecule has 0 spiro atoms. The molecular weight excluding hydrogens is 555 g/mol. The third-order valence-corrected chi connectivity index (χ3v) is 9.98. The van der Waals surface area contributed by atoms with Crippen LogP contribution in [0, 0.1) is 5.41 Å². The molecule has 0 N–H and O–H groups in total. The second-order valence-corrected chi connectivity index (χ2v) is 12.9. The Balaban J connectivity index is 1.44. The Morgan fingerprint density at radius 1 is 0.457 bits per heavy atom. The van der Waals surface area contributed by atoms with Gasteiger partial charge >= 0.3 is 0 Å². The van der Waals surface area contributed by atoms with Gasteiger partial charge < -0.3 is 9.80 Å². The lowest BCUT2D eigenvalue weighted by atomic mass is 9.32. The van der Waals surface area contributed by atoms with Gasteiger partial charge in [-0.05, 0) is 81.1 Å². The Morgan fingerprint density at radius 2 is 0.935 bits per heavy atom. The number of anilines is 5. The molecule has 2 nitrogen and oxygen atoms in total. The molecule has 0 unspecified atom stereocenters. The number of allylic oxidation sites excluding steroid dienone is 3. The maximum absolute atomic E-state index is 2.57. The molecule has 9 rings (SSSR count). The smallest absolute Gasteiger partial charge is 0.252 e. The molecule has 1 aliphatic carbocycles. The van der Waals surface area contributed by atoms with Crippen LogP contribution < -0.4 is 20.7 Å². The lowest BCUT2D eigenvalue weighted by Gasteiger charge is -2.46. The maximum atomic E-state index is 2.57. The predicted octanol–water partition coefficient (Wildman–Crippen LogP) is 9.67. The first-order valence-corrected chi connectivity index (χ1v) is 16.2. The number of hydrogen-bond acceptors (Lipinski definition) is 2.